The monoisotopic (exact) mass is 376 g/mol. The molecule has 150 valence electrons. The summed E-state index contributed by atoms with van der Waals surface area (Å²) < 4.78 is 12.6. The van der Waals surface area contributed by atoms with Crippen LogP contribution in [0.25, 0.3) is 0 Å². The number of ether oxygens (including phenoxy) is 2. The van der Waals surface area contributed by atoms with E-state index in [1.807, 2.05) is 6.92 Å². The first kappa shape index (κ1) is 18.3. The standard InChI is InChI=1S/C22H32O5/c1-5-26-19-21-8-6-7-20(3,4)14(21)10-15(27-19)22-16(21)13(23)9-12(18(22)25)11(2)17(22)24/h12-16,18-19,23,25H,2,5-10H2,1,3-4H3/t12-,13-,14+,15-,16-,18+,19?,21-,22+/m0/s1. The van der Waals surface area contributed by atoms with Gasteiger partial charge in [-0.15, -0.1) is 0 Å². The highest BCUT2D eigenvalue weighted by atomic mass is 16.7. The zero-order chi connectivity index (χ0) is 19.4. The van der Waals surface area contributed by atoms with E-state index in [9.17, 15) is 15.0 Å². The zero-order valence-corrected chi connectivity index (χ0v) is 16.6. The molecule has 2 aliphatic heterocycles. The van der Waals surface area contributed by atoms with Gasteiger partial charge in [-0.1, -0.05) is 26.8 Å². The Morgan fingerprint density at radius 2 is 2.00 bits per heavy atom. The smallest absolute Gasteiger partial charge is 0.170 e. The van der Waals surface area contributed by atoms with Crippen LogP contribution in [0.4, 0.5) is 0 Å². The molecule has 6 aliphatic rings. The molecule has 0 amide bonds. The molecule has 2 spiro atoms. The van der Waals surface area contributed by atoms with Gasteiger partial charge in [0.25, 0.3) is 0 Å². The van der Waals surface area contributed by atoms with Crippen molar-refractivity contribution in [1.82, 2.24) is 0 Å². The number of aliphatic hydroxyl groups excluding tert-OH is 2. The molecule has 0 aromatic heterocycles. The summed E-state index contributed by atoms with van der Waals surface area (Å²) in [6.45, 7) is 11.1. The van der Waals surface area contributed by atoms with Crippen molar-refractivity contribution >= 4 is 5.78 Å². The first-order valence-electron chi connectivity index (χ1n) is 10.6. The molecule has 2 saturated heterocycles. The average molecular weight is 376 g/mol. The second-order valence-electron chi connectivity index (χ2n) is 10.3. The predicted molar refractivity (Wildman–Crippen MR) is 98.6 cm³/mol. The summed E-state index contributed by atoms with van der Waals surface area (Å²) >= 11 is 0. The van der Waals surface area contributed by atoms with Crippen LogP contribution in [-0.4, -0.2) is 47.2 Å². The quantitative estimate of drug-likeness (QED) is 0.724. The molecule has 6 fully saturated rings. The van der Waals surface area contributed by atoms with Crippen LogP contribution in [0.1, 0.15) is 52.9 Å². The van der Waals surface area contributed by atoms with Crippen molar-refractivity contribution in [3.63, 3.8) is 0 Å². The van der Waals surface area contributed by atoms with Crippen molar-refractivity contribution < 1.29 is 24.5 Å². The fourth-order valence-electron chi connectivity index (χ4n) is 8.22. The molecule has 9 atom stereocenters. The molecule has 0 radical (unpaired) electrons. The molecule has 5 nitrogen and oxygen atoms in total. The van der Waals surface area contributed by atoms with Crippen molar-refractivity contribution in [3.8, 4) is 0 Å². The number of hydrogen-bond donors (Lipinski definition) is 2. The van der Waals surface area contributed by atoms with E-state index < -0.39 is 35.4 Å². The van der Waals surface area contributed by atoms with E-state index in [0.717, 1.165) is 25.7 Å². The van der Waals surface area contributed by atoms with Gasteiger partial charge in [0.05, 0.1) is 23.7 Å². The summed E-state index contributed by atoms with van der Waals surface area (Å²) in [5.74, 6) is -0.423. The van der Waals surface area contributed by atoms with E-state index in [1.54, 1.807) is 0 Å². The van der Waals surface area contributed by atoms with Gasteiger partial charge in [-0.25, -0.2) is 0 Å². The molecule has 0 aromatic carbocycles. The first-order valence-corrected chi connectivity index (χ1v) is 10.6. The minimum absolute atomic E-state index is 0.0669. The van der Waals surface area contributed by atoms with Gasteiger partial charge >= 0.3 is 0 Å². The lowest BCUT2D eigenvalue weighted by molar-refractivity contribution is -0.401. The molecule has 1 unspecified atom stereocenters. The number of Topliss-reactive ketones (excluding diaryl/α,β-unsaturated/α-hetero) is 1. The zero-order valence-electron chi connectivity index (χ0n) is 16.6. The van der Waals surface area contributed by atoms with Gasteiger partial charge in [-0.3, -0.25) is 4.79 Å². The van der Waals surface area contributed by atoms with Crippen LogP contribution in [0.2, 0.25) is 0 Å². The third kappa shape index (κ3) is 1.83. The van der Waals surface area contributed by atoms with Gasteiger partial charge in [-0.05, 0) is 49.5 Å². The fraction of sp³-hybridized carbons (Fsp3) is 0.864. The van der Waals surface area contributed by atoms with Gasteiger partial charge in [0, 0.05) is 23.9 Å². The lowest BCUT2D eigenvalue weighted by atomic mass is 9.37. The molecule has 4 aliphatic carbocycles. The SMILES string of the molecule is C=C1C(=O)[C@@]23[C@@H]4C[C@@H]5C(C)(C)CCC[C@@]5(C(OCC)O4)[C@@H]2[C@@H](O)C[C@@H]1[C@H]3O. The maximum Gasteiger partial charge on any atom is 0.170 e. The van der Waals surface area contributed by atoms with Crippen LogP contribution in [0.5, 0.6) is 0 Å². The highest BCUT2D eigenvalue weighted by Gasteiger charge is 2.81. The Labute approximate surface area is 161 Å². The Morgan fingerprint density at radius 1 is 1.26 bits per heavy atom. The summed E-state index contributed by atoms with van der Waals surface area (Å²) in [7, 11) is 0. The largest absolute Gasteiger partial charge is 0.393 e. The molecule has 4 bridgehead atoms. The van der Waals surface area contributed by atoms with Crippen molar-refractivity contribution in [3.05, 3.63) is 12.2 Å². The van der Waals surface area contributed by atoms with Gasteiger partial charge in [0.15, 0.2) is 12.1 Å². The highest BCUT2D eigenvalue weighted by Crippen LogP contribution is 2.75. The minimum Gasteiger partial charge on any atom is -0.393 e. The number of aliphatic hydroxyl groups is 2. The Morgan fingerprint density at radius 3 is 2.70 bits per heavy atom. The van der Waals surface area contributed by atoms with Crippen molar-refractivity contribution in [2.24, 2.45) is 34.0 Å². The van der Waals surface area contributed by atoms with Crippen LogP contribution in [0.3, 0.4) is 0 Å². The Kier molecular flexibility index (Phi) is 3.68. The summed E-state index contributed by atoms with van der Waals surface area (Å²) in [5, 5.41) is 22.6. The van der Waals surface area contributed by atoms with E-state index >= 15 is 0 Å². The Bertz CT molecular complexity index is 701. The lowest BCUT2D eigenvalue weighted by Crippen LogP contribution is -2.78. The average Bonchev–Trinajstić information content (AvgIpc) is 2.73. The van der Waals surface area contributed by atoms with Gasteiger partial charge < -0.3 is 19.7 Å². The molecule has 5 heteroatoms. The number of hydrogen-bond acceptors (Lipinski definition) is 5. The maximum atomic E-state index is 13.5. The van der Waals surface area contributed by atoms with Crippen LogP contribution in [-0.2, 0) is 14.3 Å². The normalized spacial score (nSPS) is 55.4. The molecule has 2 heterocycles. The Hall–Kier alpha value is -0.750. The summed E-state index contributed by atoms with van der Waals surface area (Å²) in [6, 6.07) is 0. The fourth-order valence-corrected chi connectivity index (χ4v) is 8.22. The van der Waals surface area contributed by atoms with E-state index in [0.29, 0.717) is 24.5 Å². The van der Waals surface area contributed by atoms with Crippen molar-refractivity contribution in [2.45, 2.75) is 77.5 Å². The van der Waals surface area contributed by atoms with Crippen LogP contribution in [0, 0.1) is 34.0 Å². The second kappa shape index (κ2) is 5.44. The van der Waals surface area contributed by atoms with Crippen molar-refractivity contribution in [2.75, 3.05) is 6.61 Å². The number of carbonyl (C=O) groups excluding carboxylic acids is 1. The maximum absolute atomic E-state index is 13.5. The molecular weight excluding hydrogens is 344 g/mol. The molecule has 6 rings (SSSR count). The number of ketones is 1. The molecule has 2 N–H and O–H groups in total. The Balaban J connectivity index is 1.74. The van der Waals surface area contributed by atoms with Crippen LogP contribution < -0.4 is 0 Å². The third-order valence-electron chi connectivity index (χ3n) is 9.03. The van der Waals surface area contributed by atoms with Gasteiger partial charge in [-0.2, -0.15) is 0 Å². The number of fused-ring (bicyclic) bond motifs is 2. The van der Waals surface area contributed by atoms with Gasteiger partial charge in [0.2, 0.25) is 0 Å². The lowest BCUT2D eigenvalue weighted by Gasteiger charge is -2.72. The molecular formula is C22H32O5. The topological polar surface area (TPSA) is 76.0 Å². The van der Waals surface area contributed by atoms with E-state index in [1.165, 1.54) is 0 Å². The van der Waals surface area contributed by atoms with E-state index in [4.69, 9.17) is 9.47 Å². The number of rotatable bonds is 2. The van der Waals surface area contributed by atoms with Crippen LogP contribution in [0.15, 0.2) is 12.2 Å². The third-order valence-corrected chi connectivity index (χ3v) is 9.03. The van der Waals surface area contributed by atoms with E-state index in [-0.39, 0.29) is 23.0 Å². The minimum atomic E-state index is -1.04. The summed E-state index contributed by atoms with van der Waals surface area (Å²) in [6.07, 6.45) is 1.93. The van der Waals surface area contributed by atoms with Crippen LogP contribution >= 0.6 is 0 Å². The highest BCUT2D eigenvalue weighted by molar-refractivity contribution is 6.04. The van der Waals surface area contributed by atoms with Crippen molar-refractivity contribution in [1.29, 1.82) is 0 Å². The van der Waals surface area contributed by atoms with E-state index in [2.05, 4.69) is 20.4 Å². The predicted octanol–water partition coefficient (Wildman–Crippen LogP) is 2.45. The summed E-state index contributed by atoms with van der Waals surface area (Å²) in [4.78, 5) is 13.5. The second-order valence-corrected chi connectivity index (χ2v) is 10.3. The first-order chi connectivity index (χ1) is 12.7. The molecule has 0 aromatic rings. The van der Waals surface area contributed by atoms with Gasteiger partial charge in [0.1, 0.15) is 0 Å². The number of carbonyl (C=O) groups is 1. The molecule has 4 saturated carbocycles. The summed E-state index contributed by atoms with van der Waals surface area (Å²) in [5.41, 5.74) is -0.900. The molecule has 27 heavy (non-hydrogen) atoms.